The first kappa shape index (κ1) is 14.0. The summed E-state index contributed by atoms with van der Waals surface area (Å²) in [5, 5.41) is 0. The molecule has 0 aliphatic carbocycles. The van der Waals surface area contributed by atoms with E-state index in [2.05, 4.69) is 26.3 Å². The Morgan fingerprint density at radius 3 is 2.63 bits per heavy atom. The van der Waals surface area contributed by atoms with Crippen molar-refractivity contribution in [3.63, 3.8) is 0 Å². The molecule has 0 saturated carbocycles. The average molecular weight is 328 g/mol. The number of hydrogen-bond acceptors (Lipinski definition) is 3. The minimum absolute atomic E-state index is 0.0544. The fourth-order valence-corrected chi connectivity index (χ4v) is 2.44. The smallest absolute Gasteiger partial charge is 0.173 e. The summed E-state index contributed by atoms with van der Waals surface area (Å²) in [6.07, 6.45) is 3.31. The lowest BCUT2D eigenvalue weighted by atomic mass is 9.97. The summed E-state index contributed by atoms with van der Waals surface area (Å²) < 4.78 is 26.8. The zero-order chi connectivity index (χ0) is 14.0. The van der Waals surface area contributed by atoms with Gasteiger partial charge in [0.1, 0.15) is 0 Å². The van der Waals surface area contributed by atoms with Crippen LogP contribution in [0.3, 0.4) is 0 Å². The molecule has 3 nitrogen and oxygen atoms in total. The highest BCUT2D eigenvalue weighted by atomic mass is 79.9. The fraction of sp³-hybridized carbons (Fsp3) is 0.154. The fourth-order valence-electron chi connectivity index (χ4n) is 1.89. The number of nitrogens with zero attached hydrogens (tertiary/aromatic N) is 1. The Kier molecular flexibility index (Phi) is 4.24. The third kappa shape index (κ3) is 2.65. The van der Waals surface area contributed by atoms with Crippen LogP contribution in [0.5, 0.6) is 0 Å². The summed E-state index contributed by atoms with van der Waals surface area (Å²) in [6.45, 7) is 1.90. The number of halogens is 3. The molecule has 1 aromatic heterocycles. The zero-order valence-electron chi connectivity index (χ0n) is 10.1. The zero-order valence-corrected chi connectivity index (χ0v) is 11.7. The Balaban J connectivity index is 2.55. The lowest BCUT2D eigenvalue weighted by Gasteiger charge is -2.20. The van der Waals surface area contributed by atoms with E-state index in [0.717, 1.165) is 17.2 Å². The van der Waals surface area contributed by atoms with Crippen LogP contribution in [0.2, 0.25) is 0 Å². The van der Waals surface area contributed by atoms with Gasteiger partial charge < -0.3 is 0 Å². The molecule has 2 rings (SSSR count). The van der Waals surface area contributed by atoms with E-state index < -0.39 is 17.7 Å². The lowest BCUT2D eigenvalue weighted by Crippen LogP contribution is -2.30. The van der Waals surface area contributed by atoms with E-state index >= 15 is 0 Å². The Morgan fingerprint density at radius 2 is 2.00 bits per heavy atom. The van der Waals surface area contributed by atoms with Crippen LogP contribution in [-0.4, -0.2) is 4.98 Å². The Bertz CT molecular complexity index is 604. The maximum absolute atomic E-state index is 13.6. The van der Waals surface area contributed by atoms with Gasteiger partial charge in [-0.25, -0.2) is 14.2 Å². The standard InChI is InChI=1S/C13H12BrF2N3/c1-7-4-5-18-6-9(7)13(19-17)8-2-3-10(15)12(16)11(8)14/h2-6,13,19H,17H2,1H3. The van der Waals surface area contributed by atoms with Gasteiger partial charge in [0.25, 0.3) is 0 Å². The summed E-state index contributed by atoms with van der Waals surface area (Å²) >= 11 is 3.06. The normalized spacial score (nSPS) is 12.5. The molecule has 0 amide bonds. The molecule has 2 aromatic rings. The molecular formula is C13H12BrF2N3. The Labute approximate surface area is 117 Å². The molecule has 0 saturated heterocycles. The molecule has 0 spiro atoms. The summed E-state index contributed by atoms with van der Waals surface area (Å²) in [6, 6.07) is 3.91. The Morgan fingerprint density at radius 1 is 1.26 bits per heavy atom. The summed E-state index contributed by atoms with van der Waals surface area (Å²) in [4.78, 5) is 4.03. The lowest BCUT2D eigenvalue weighted by molar-refractivity contribution is 0.498. The highest BCUT2D eigenvalue weighted by molar-refractivity contribution is 9.10. The molecule has 1 atom stereocenters. The van der Waals surface area contributed by atoms with Crippen molar-refractivity contribution in [1.82, 2.24) is 10.4 Å². The highest BCUT2D eigenvalue weighted by Gasteiger charge is 2.21. The number of hydrazine groups is 1. The molecule has 19 heavy (non-hydrogen) atoms. The summed E-state index contributed by atoms with van der Waals surface area (Å²) in [7, 11) is 0. The highest BCUT2D eigenvalue weighted by Crippen LogP contribution is 2.32. The van der Waals surface area contributed by atoms with E-state index in [1.165, 1.54) is 6.07 Å². The molecular weight excluding hydrogens is 316 g/mol. The molecule has 1 aromatic carbocycles. The van der Waals surface area contributed by atoms with E-state index in [1.807, 2.05) is 13.0 Å². The third-order valence-electron chi connectivity index (χ3n) is 2.93. The SMILES string of the molecule is Cc1ccncc1C(NN)c1ccc(F)c(F)c1Br. The first-order chi connectivity index (χ1) is 9.06. The minimum Gasteiger partial charge on any atom is -0.271 e. The molecule has 0 aliphatic rings. The third-order valence-corrected chi connectivity index (χ3v) is 3.74. The van der Waals surface area contributed by atoms with Crippen molar-refractivity contribution in [3.05, 3.63) is 63.4 Å². The van der Waals surface area contributed by atoms with Gasteiger partial charge in [-0.3, -0.25) is 10.8 Å². The van der Waals surface area contributed by atoms with Crippen LogP contribution in [0.1, 0.15) is 22.7 Å². The van der Waals surface area contributed by atoms with E-state index in [1.54, 1.807) is 12.4 Å². The summed E-state index contributed by atoms with van der Waals surface area (Å²) in [5.41, 5.74) is 4.87. The van der Waals surface area contributed by atoms with Crippen molar-refractivity contribution in [2.24, 2.45) is 5.84 Å². The molecule has 1 unspecified atom stereocenters. The number of aryl methyl sites for hydroxylation is 1. The van der Waals surface area contributed by atoms with E-state index in [-0.39, 0.29) is 4.47 Å². The summed E-state index contributed by atoms with van der Waals surface area (Å²) in [5.74, 6) is 3.71. The van der Waals surface area contributed by atoms with Crippen LogP contribution >= 0.6 is 15.9 Å². The second-order valence-corrected chi connectivity index (χ2v) is 4.89. The van der Waals surface area contributed by atoms with Crippen molar-refractivity contribution >= 4 is 15.9 Å². The van der Waals surface area contributed by atoms with Crippen LogP contribution in [0, 0.1) is 18.6 Å². The van der Waals surface area contributed by atoms with E-state index in [0.29, 0.717) is 5.56 Å². The van der Waals surface area contributed by atoms with Gasteiger partial charge in [0, 0.05) is 12.4 Å². The van der Waals surface area contributed by atoms with Crippen molar-refractivity contribution < 1.29 is 8.78 Å². The predicted octanol–water partition coefficient (Wildman–Crippen LogP) is 2.98. The topological polar surface area (TPSA) is 50.9 Å². The number of nitrogens with two attached hydrogens (primary N) is 1. The van der Waals surface area contributed by atoms with Crippen molar-refractivity contribution in [3.8, 4) is 0 Å². The van der Waals surface area contributed by atoms with Gasteiger partial charge in [0.15, 0.2) is 11.6 Å². The van der Waals surface area contributed by atoms with Gasteiger partial charge in [0.2, 0.25) is 0 Å². The molecule has 6 heteroatoms. The van der Waals surface area contributed by atoms with Crippen molar-refractivity contribution in [1.29, 1.82) is 0 Å². The van der Waals surface area contributed by atoms with E-state index in [4.69, 9.17) is 5.84 Å². The maximum atomic E-state index is 13.6. The van der Waals surface area contributed by atoms with Crippen molar-refractivity contribution in [2.45, 2.75) is 13.0 Å². The van der Waals surface area contributed by atoms with Crippen molar-refractivity contribution in [2.75, 3.05) is 0 Å². The predicted molar refractivity (Wildman–Crippen MR) is 72.2 cm³/mol. The van der Waals surface area contributed by atoms with Crippen LogP contribution in [-0.2, 0) is 0 Å². The minimum atomic E-state index is -0.931. The molecule has 0 aliphatic heterocycles. The molecule has 100 valence electrons. The van der Waals surface area contributed by atoms with Gasteiger partial charge in [-0.1, -0.05) is 6.07 Å². The molecule has 0 bridgehead atoms. The van der Waals surface area contributed by atoms with Crippen LogP contribution in [0.4, 0.5) is 8.78 Å². The second-order valence-electron chi connectivity index (χ2n) is 4.10. The Hall–Kier alpha value is -1.37. The number of rotatable bonds is 3. The van der Waals surface area contributed by atoms with E-state index in [9.17, 15) is 8.78 Å². The molecule has 0 fully saturated rings. The maximum Gasteiger partial charge on any atom is 0.173 e. The molecule has 0 radical (unpaired) electrons. The quantitative estimate of drug-likeness (QED) is 0.517. The van der Waals surface area contributed by atoms with Gasteiger partial charge in [-0.15, -0.1) is 0 Å². The first-order valence-electron chi connectivity index (χ1n) is 5.56. The molecule has 3 N–H and O–H groups in total. The number of nitrogens with one attached hydrogen (secondary N) is 1. The second kappa shape index (κ2) is 5.73. The largest absolute Gasteiger partial charge is 0.271 e. The number of aromatic nitrogens is 1. The monoisotopic (exact) mass is 327 g/mol. The van der Waals surface area contributed by atoms with Gasteiger partial charge in [-0.05, 0) is 51.7 Å². The number of benzene rings is 1. The number of pyridine rings is 1. The first-order valence-corrected chi connectivity index (χ1v) is 6.35. The van der Waals surface area contributed by atoms with Crippen LogP contribution < -0.4 is 11.3 Å². The van der Waals surface area contributed by atoms with Crippen LogP contribution in [0.25, 0.3) is 0 Å². The van der Waals surface area contributed by atoms with Gasteiger partial charge >= 0.3 is 0 Å². The number of hydrogen-bond donors (Lipinski definition) is 2. The van der Waals surface area contributed by atoms with Gasteiger partial charge in [-0.2, -0.15) is 0 Å². The van der Waals surface area contributed by atoms with Gasteiger partial charge in [0.05, 0.1) is 10.5 Å². The van der Waals surface area contributed by atoms with Crippen LogP contribution in [0.15, 0.2) is 35.1 Å². The average Bonchev–Trinajstić information content (AvgIpc) is 2.41. The molecule has 1 heterocycles.